The van der Waals surface area contributed by atoms with E-state index in [4.69, 9.17) is 0 Å². The van der Waals surface area contributed by atoms with Crippen LogP contribution in [0.2, 0.25) is 0 Å². The first-order chi connectivity index (χ1) is 8.72. The van der Waals surface area contributed by atoms with Gasteiger partial charge in [0.25, 0.3) is 0 Å². The Kier molecular flexibility index (Phi) is 4.98. The lowest BCUT2D eigenvalue weighted by atomic mass is 9.99. The third-order valence-electron chi connectivity index (χ3n) is 3.01. The minimum absolute atomic E-state index is 0.305. The second kappa shape index (κ2) is 6.50. The largest absolute Gasteiger partial charge is 0.313 e. The van der Waals surface area contributed by atoms with Crippen LogP contribution < -0.4 is 5.32 Å². The molecule has 0 saturated carbocycles. The van der Waals surface area contributed by atoms with Gasteiger partial charge in [0.15, 0.2) is 0 Å². The van der Waals surface area contributed by atoms with Crippen LogP contribution in [0.25, 0.3) is 0 Å². The van der Waals surface area contributed by atoms with Gasteiger partial charge in [-0.2, -0.15) is 0 Å². The SMILES string of the molecule is CNC(Cc1ccccc1Br)c1ccccc1Br. The highest BCUT2D eigenvalue weighted by Crippen LogP contribution is 2.28. The fourth-order valence-electron chi connectivity index (χ4n) is 2.01. The Hall–Kier alpha value is -0.640. The lowest BCUT2D eigenvalue weighted by Crippen LogP contribution is -2.19. The molecule has 2 aromatic carbocycles. The Morgan fingerprint density at radius 1 is 0.944 bits per heavy atom. The van der Waals surface area contributed by atoms with Crippen molar-refractivity contribution < 1.29 is 0 Å². The van der Waals surface area contributed by atoms with Crippen LogP contribution in [0.15, 0.2) is 57.5 Å². The molecule has 0 fully saturated rings. The van der Waals surface area contributed by atoms with E-state index in [1.807, 2.05) is 19.2 Å². The van der Waals surface area contributed by atoms with Gasteiger partial charge in [-0.3, -0.25) is 0 Å². The van der Waals surface area contributed by atoms with Crippen molar-refractivity contribution in [2.24, 2.45) is 0 Å². The number of benzene rings is 2. The van der Waals surface area contributed by atoms with Gasteiger partial charge < -0.3 is 5.32 Å². The van der Waals surface area contributed by atoms with Crippen LogP contribution in [-0.4, -0.2) is 7.05 Å². The normalized spacial score (nSPS) is 12.4. The summed E-state index contributed by atoms with van der Waals surface area (Å²) in [6.07, 6.45) is 0.959. The second-order valence-electron chi connectivity index (χ2n) is 4.16. The number of halogens is 2. The zero-order chi connectivity index (χ0) is 13.0. The number of hydrogen-bond acceptors (Lipinski definition) is 1. The molecule has 0 spiro atoms. The van der Waals surface area contributed by atoms with Crippen LogP contribution in [-0.2, 0) is 6.42 Å². The molecule has 2 rings (SSSR count). The zero-order valence-electron chi connectivity index (χ0n) is 10.2. The summed E-state index contributed by atoms with van der Waals surface area (Å²) < 4.78 is 2.31. The molecule has 0 aliphatic rings. The lowest BCUT2D eigenvalue weighted by molar-refractivity contribution is 0.589. The molecule has 1 unspecified atom stereocenters. The van der Waals surface area contributed by atoms with E-state index in [0.717, 1.165) is 15.4 Å². The van der Waals surface area contributed by atoms with Gasteiger partial charge in [-0.25, -0.2) is 0 Å². The molecular weight excluding hydrogens is 354 g/mol. The van der Waals surface area contributed by atoms with Crippen LogP contribution in [0, 0.1) is 0 Å². The first-order valence-corrected chi connectivity index (χ1v) is 7.46. The average Bonchev–Trinajstić information content (AvgIpc) is 2.39. The standard InChI is InChI=1S/C15H15Br2N/c1-18-15(12-7-3-5-9-14(12)17)10-11-6-2-4-8-13(11)16/h2-9,15,18H,10H2,1H3. The Balaban J connectivity index is 2.26. The van der Waals surface area contributed by atoms with Crippen molar-refractivity contribution in [3.05, 3.63) is 68.6 Å². The summed E-state index contributed by atoms with van der Waals surface area (Å²) in [5.74, 6) is 0. The Morgan fingerprint density at radius 3 is 2.17 bits per heavy atom. The predicted molar refractivity (Wildman–Crippen MR) is 83.8 cm³/mol. The molecule has 1 atom stereocenters. The molecule has 0 amide bonds. The minimum Gasteiger partial charge on any atom is -0.313 e. The van der Waals surface area contributed by atoms with E-state index in [2.05, 4.69) is 73.6 Å². The van der Waals surface area contributed by atoms with Gasteiger partial charge in [0.2, 0.25) is 0 Å². The van der Waals surface area contributed by atoms with Crippen molar-refractivity contribution in [2.45, 2.75) is 12.5 Å². The van der Waals surface area contributed by atoms with Crippen molar-refractivity contribution in [2.75, 3.05) is 7.05 Å². The second-order valence-corrected chi connectivity index (χ2v) is 5.87. The molecule has 0 aliphatic carbocycles. The van der Waals surface area contributed by atoms with Gasteiger partial charge in [-0.1, -0.05) is 68.3 Å². The Morgan fingerprint density at radius 2 is 1.56 bits per heavy atom. The van der Waals surface area contributed by atoms with Gasteiger partial charge in [0, 0.05) is 15.0 Å². The van der Waals surface area contributed by atoms with Crippen molar-refractivity contribution >= 4 is 31.9 Å². The summed E-state index contributed by atoms with van der Waals surface area (Å²) in [5, 5.41) is 3.38. The van der Waals surface area contributed by atoms with Crippen molar-refractivity contribution in [1.29, 1.82) is 0 Å². The molecule has 0 saturated heterocycles. The number of nitrogens with one attached hydrogen (secondary N) is 1. The monoisotopic (exact) mass is 367 g/mol. The van der Waals surface area contributed by atoms with Gasteiger partial charge in [0.1, 0.15) is 0 Å². The van der Waals surface area contributed by atoms with Crippen LogP contribution >= 0.6 is 31.9 Å². The van der Waals surface area contributed by atoms with Crippen molar-refractivity contribution in [1.82, 2.24) is 5.32 Å². The van der Waals surface area contributed by atoms with Gasteiger partial charge in [-0.15, -0.1) is 0 Å². The molecule has 3 heteroatoms. The third kappa shape index (κ3) is 3.22. The topological polar surface area (TPSA) is 12.0 Å². The van der Waals surface area contributed by atoms with E-state index in [-0.39, 0.29) is 0 Å². The number of rotatable bonds is 4. The summed E-state index contributed by atoms with van der Waals surface area (Å²) in [4.78, 5) is 0. The molecule has 1 nitrogen and oxygen atoms in total. The quantitative estimate of drug-likeness (QED) is 0.823. The third-order valence-corrected chi connectivity index (χ3v) is 4.51. The highest BCUT2D eigenvalue weighted by molar-refractivity contribution is 9.10. The maximum atomic E-state index is 3.62. The molecule has 18 heavy (non-hydrogen) atoms. The predicted octanol–water partition coefficient (Wildman–Crippen LogP) is 4.71. The van der Waals surface area contributed by atoms with E-state index in [1.54, 1.807) is 0 Å². The molecule has 0 bridgehead atoms. The first-order valence-electron chi connectivity index (χ1n) is 5.87. The Bertz CT molecular complexity index is 525. The van der Waals surface area contributed by atoms with Gasteiger partial charge in [0.05, 0.1) is 0 Å². The van der Waals surface area contributed by atoms with E-state index in [1.165, 1.54) is 11.1 Å². The van der Waals surface area contributed by atoms with Crippen LogP contribution in [0.4, 0.5) is 0 Å². The van der Waals surface area contributed by atoms with E-state index >= 15 is 0 Å². The molecular formula is C15H15Br2N. The zero-order valence-corrected chi connectivity index (χ0v) is 13.3. The number of likely N-dealkylation sites (N-methyl/N-ethyl adjacent to an activating group) is 1. The van der Waals surface area contributed by atoms with Crippen molar-refractivity contribution in [3.63, 3.8) is 0 Å². The number of hydrogen-bond donors (Lipinski definition) is 1. The van der Waals surface area contributed by atoms with E-state index in [9.17, 15) is 0 Å². The maximum Gasteiger partial charge on any atom is 0.0370 e. The molecule has 0 heterocycles. The van der Waals surface area contributed by atoms with Crippen LogP contribution in [0.3, 0.4) is 0 Å². The van der Waals surface area contributed by atoms with Crippen molar-refractivity contribution in [3.8, 4) is 0 Å². The smallest absolute Gasteiger partial charge is 0.0370 e. The summed E-state index contributed by atoms with van der Waals surface area (Å²) in [6, 6.07) is 17.0. The summed E-state index contributed by atoms with van der Waals surface area (Å²) in [5.41, 5.74) is 2.60. The van der Waals surface area contributed by atoms with E-state index < -0.39 is 0 Å². The molecule has 1 N–H and O–H groups in total. The maximum absolute atomic E-state index is 3.62. The summed E-state index contributed by atoms with van der Waals surface area (Å²) >= 11 is 7.22. The highest BCUT2D eigenvalue weighted by atomic mass is 79.9. The summed E-state index contributed by atoms with van der Waals surface area (Å²) in [7, 11) is 2.00. The molecule has 0 radical (unpaired) electrons. The van der Waals surface area contributed by atoms with Crippen LogP contribution in [0.5, 0.6) is 0 Å². The fourth-order valence-corrected chi connectivity index (χ4v) is 3.02. The molecule has 94 valence electrons. The van der Waals surface area contributed by atoms with Gasteiger partial charge >= 0.3 is 0 Å². The lowest BCUT2D eigenvalue weighted by Gasteiger charge is -2.19. The molecule has 0 aliphatic heterocycles. The molecule has 2 aromatic rings. The highest BCUT2D eigenvalue weighted by Gasteiger charge is 2.13. The summed E-state index contributed by atoms with van der Waals surface area (Å²) in [6.45, 7) is 0. The average molecular weight is 369 g/mol. The van der Waals surface area contributed by atoms with E-state index in [0.29, 0.717) is 6.04 Å². The fraction of sp³-hybridized carbons (Fsp3) is 0.200. The van der Waals surface area contributed by atoms with Crippen LogP contribution in [0.1, 0.15) is 17.2 Å². The van der Waals surface area contributed by atoms with Gasteiger partial charge in [-0.05, 0) is 36.7 Å². The Labute approximate surface area is 125 Å². The first kappa shape index (κ1) is 13.8. The molecule has 0 aromatic heterocycles. The minimum atomic E-state index is 0.305.